The summed E-state index contributed by atoms with van der Waals surface area (Å²) in [7, 11) is 1.47. The Morgan fingerprint density at radius 1 is 0.957 bits per heavy atom. The molecule has 0 aliphatic rings. The lowest BCUT2D eigenvalue weighted by Crippen LogP contribution is -2.42. The predicted molar refractivity (Wildman–Crippen MR) is 72.8 cm³/mol. The lowest BCUT2D eigenvalue weighted by molar-refractivity contribution is -0.143. The van der Waals surface area contributed by atoms with Gasteiger partial charge in [0.05, 0.1) is 17.2 Å². The highest BCUT2D eigenvalue weighted by atomic mass is 19.4. The molecule has 0 aliphatic carbocycles. The summed E-state index contributed by atoms with van der Waals surface area (Å²) in [6.45, 7) is 3.38. The first-order valence-electron chi connectivity index (χ1n) is 6.64. The lowest BCUT2D eigenvalue weighted by atomic mass is 10.0. The standard InChI is InChI=1S/C14H16F6N2O/c1-7(2)11(21-3)12(23)22-10-5-8(13(15,16)17)4-9(6-10)14(18,19)20/h4-7,11,21H,1-3H3,(H,22,23)/t11-/m0/s1. The number of hydrogen-bond acceptors (Lipinski definition) is 2. The van der Waals surface area contributed by atoms with Crippen molar-refractivity contribution in [1.82, 2.24) is 5.32 Å². The van der Waals surface area contributed by atoms with Crippen LogP contribution in [0.3, 0.4) is 0 Å². The number of amides is 1. The molecule has 0 spiro atoms. The van der Waals surface area contributed by atoms with E-state index < -0.39 is 41.1 Å². The fourth-order valence-corrected chi connectivity index (χ4v) is 2.01. The molecule has 9 heteroatoms. The van der Waals surface area contributed by atoms with Crippen molar-refractivity contribution in [2.75, 3.05) is 12.4 Å². The fourth-order valence-electron chi connectivity index (χ4n) is 2.01. The second-order valence-electron chi connectivity index (χ2n) is 5.29. The van der Waals surface area contributed by atoms with Crippen molar-refractivity contribution in [2.45, 2.75) is 32.2 Å². The number of benzene rings is 1. The van der Waals surface area contributed by atoms with E-state index in [1.54, 1.807) is 13.8 Å². The molecular formula is C14H16F6N2O. The Labute approximate surface area is 129 Å². The van der Waals surface area contributed by atoms with Gasteiger partial charge in [-0.1, -0.05) is 13.8 Å². The molecule has 1 aromatic rings. The van der Waals surface area contributed by atoms with E-state index >= 15 is 0 Å². The van der Waals surface area contributed by atoms with E-state index in [-0.39, 0.29) is 12.0 Å². The number of nitrogens with one attached hydrogen (secondary N) is 2. The molecule has 0 unspecified atom stereocenters. The predicted octanol–water partition coefficient (Wildman–Crippen LogP) is 3.91. The molecule has 0 saturated heterocycles. The van der Waals surface area contributed by atoms with Crippen molar-refractivity contribution in [1.29, 1.82) is 0 Å². The first-order chi connectivity index (χ1) is 10.4. The summed E-state index contributed by atoms with van der Waals surface area (Å²) in [6.07, 6.45) is -9.91. The third kappa shape index (κ3) is 5.12. The van der Waals surface area contributed by atoms with Gasteiger partial charge in [0.25, 0.3) is 0 Å². The summed E-state index contributed by atoms with van der Waals surface area (Å²) in [5, 5.41) is 4.75. The molecule has 1 aromatic carbocycles. The van der Waals surface area contributed by atoms with E-state index in [2.05, 4.69) is 10.6 Å². The van der Waals surface area contributed by atoms with Gasteiger partial charge in [0, 0.05) is 5.69 Å². The SMILES string of the molecule is CN[C@H](C(=O)Nc1cc(C(F)(F)F)cc(C(F)(F)F)c1)C(C)C. The van der Waals surface area contributed by atoms with E-state index in [1.807, 2.05) is 0 Å². The second-order valence-corrected chi connectivity index (χ2v) is 5.29. The molecule has 3 nitrogen and oxygen atoms in total. The van der Waals surface area contributed by atoms with Crippen molar-refractivity contribution in [3.8, 4) is 0 Å². The van der Waals surface area contributed by atoms with Crippen LogP contribution in [0.1, 0.15) is 25.0 Å². The van der Waals surface area contributed by atoms with Crippen LogP contribution in [0.5, 0.6) is 0 Å². The van der Waals surface area contributed by atoms with Crippen LogP contribution in [0.2, 0.25) is 0 Å². The summed E-state index contributed by atoms with van der Waals surface area (Å²) in [4.78, 5) is 12.0. The van der Waals surface area contributed by atoms with Crippen molar-refractivity contribution in [3.05, 3.63) is 29.3 Å². The van der Waals surface area contributed by atoms with E-state index in [0.717, 1.165) is 0 Å². The van der Waals surface area contributed by atoms with Crippen LogP contribution in [-0.4, -0.2) is 19.0 Å². The fraction of sp³-hybridized carbons (Fsp3) is 0.500. The molecule has 2 N–H and O–H groups in total. The van der Waals surface area contributed by atoms with Crippen LogP contribution < -0.4 is 10.6 Å². The highest BCUT2D eigenvalue weighted by Crippen LogP contribution is 2.37. The number of halogens is 6. The number of carbonyl (C=O) groups is 1. The number of hydrogen-bond donors (Lipinski definition) is 2. The normalized spacial score (nSPS) is 14.0. The van der Waals surface area contributed by atoms with Gasteiger partial charge in [-0.15, -0.1) is 0 Å². The smallest absolute Gasteiger partial charge is 0.325 e. The molecule has 0 radical (unpaired) electrons. The van der Waals surface area contributed by atoms with Crippen LogP contribution in [-0.2, 0) is 17.1 Å². The minimum atomic E-state index is -4.96. The van der Waals surface area contributed by atoms with Crippen LogP contribution in [0.4, 0.5) is 32.0 Å². The average molecular weight is 342 g/mol. The molecule has 130 valence electrons. The Hall–Kier alpha value is -1.77. The van der Waals surface area contributed by atoms with Crippen LogP contribution in [0.25, 0.3) is 0 Å². The van der Waals surface area contributed by atoms with E-state index in [0.29, 0.717) is 12.1 Å². The Balaban J connectivity index is 3.23. The van der Waals surface area contributed by atoms with Gasteiger partial charge in [-0.05, 0) is 31.2 Å². The Morgan fingerprint density at radius 2 is 1.39 bits per heavy atom. The second kappa shape index (κ2) is 6.77. The quantitative estimate of drug-likeness (QED) is 0.815. The van der Waals surface area contributed by atoms with Gasteiger partial charge >= 0.3 is 12.4 Å². The Kier molecular flexibility index (Phi) is 5.68. The van der Waals surface area contributed by atoms with E-state index in [9.17, 15) is 31.1 Å². The highest BCUT2D eigenvalue weighted by Gasteiger charge is 2.37. The van der Waals surface area contributed by atoms with E-state index in [4.69, 9.17) is 0 Å². The van der Waals surface area contributed by atoms with Crippen molar-refractivity contribution in [3.63, 3.8) is 0 Å². The first kappa shape index (κ1) is 19.3. The molecule has 23 heavy (non-hydrogen) atoms. The van der Waals surface area contributed by atoms with Crippen molar-refractivity contribution < 1.29 is 31.1 Å². The largest absolute Gasteiger partial charge is 0.416 e. The summed E-state index contributed by atoms with van der Waals surface area (Å²) in [5.41, 5.74) is -3.51. The van der Waals surface area contributed by atoms with Crippen LogP contribution in [0, 0.1) is 5.92 Å². The van der Waals surface area contributed by atoms with E-state index in [1.165, 1.54) is 7.05 Å². The minimum absolute atomic E-state index is 0.00759. The third-order valence-electron chi connectivity index (χ3n) is 3.12. The first-order valence-corrected chi connectivity index (χ1v) is 6.64. The van der Waals surface area contributed by atoms with Gasteiger partial charge in [0.1, 0.15) is 0 Å². The number of anilines is 1. The number of carbonyl (C=O) groups excluding carboxylic acids is 1. The molecule has 1 atom stereocenters. The Morgan fingerprint density at radius 3 is 1.70 bits per heavy atom. The highest BCUT2D eigenvalue weighted by molar-refractivity contribution is 5.95. The molecule has 0 heterocycles. The van der Waals surface area contributed by atoms with Gasteiger partial charge in [-0.3, -0.25) is 4.79 Å². The third-order valence-corrected chi connectivity index (χ3v) is 3.12. The number of likely N-dealkylation sites (N-methyl/N-ethyl adjacent to an activating group) is 1. The molecule has 0 aliphatic heterocycles. The van der Waals surface area contributed by atoms with Gasteiger partial charge in [-0.25, -0.2) is 0 Å². The lowest BCUT2D eigenvalue weighted by Gasteiger charge is -2.20. The van der Waals surface area contributed by atoms with Gasteiger partial charge in [0.2, 0.25) is 5.91 Å². The maximum absolute atomic E-state index is 12.7. The molecule has 1 amide bonds. The zero-order valence-electron chi connectivity index (χ0n) is 12.6. The minimum Gasteiger partial charge on any atom is -0.325 e. The maximum atomic E-state index is 12.7. The molecule has 0 saturated carbocycles. The molecule has 0 aromatic heterocycles. The van der Waals surface area contributed by atoms with Crippen molar-refractivity contribution >= 4 is 11.6 Å². The number of rotatable bonds is 4. The maximum Gasteiger partial charge on any atom is 0.416 e. The Bertz CT molecular complexity index is 533. The van der Waals surface area contributed by atoms with Crippen LogP contribution in [0.15, 0.2) is 18.2 Å². The van der Waals surface area contributed by atoms with Gasteiger partial charge in [-0.2, -0.15) is 26.3 Å². The molecule has 0 bridgehead atoms. The topological polar surface area (TPSA) is 41.1 Å². The molecule has 1 rings (SSSR count). The van der Waals surface area contributed by atoms with Gasteiger partial charge < -0.3 is 10.6 Å². The summed E-state index contributed by atoms with van der Waals surface area (Å²) >= 11 is 0. The van der Waals surface area contributed by atoms with Gasteiger partial charge in [0.15, 0.2) is 0 Å². The zero-order valence-corrected chi connectivity index (χ0v) is 12.6. The van der Waals surface area contributed by atoms with Crippen LogP contribution >= 0.6 is 0 Å². The molecular weight excluding hydrogens is 326 g/mol. The zero-order chi connectivity index (χ0) is 18.0. The number of alkyl halides is 6. The average Bonchev–Trinajstić information content (AvgIpc) is 2.36. The molecule has 0 fully saturated rings. The van der Waals surface area contributed by atoms with Crippen molar-refractivity contribution in [2.24, 2.45) is 5.92 Å². The summed E-state index contributed by atoms with van der Waals surface area (Å²) < 4.78 is 76.4. The summed E-state index contributed by atoms with van der Waals surface area (Å²) in [6, 6.07) is 0.201. The monoisotopic (exact) mass is 342 g/mol. The summed E-state index contributed by atoms with van der Waals surface area (Å²) in [5.74, 6) is -0.914.